The van der Waals surface area contributed by atoms with Crippen molar-refractivity contribution in [1.82, 2.24) is 0 Å². The summed E-state index contributed by atoms with van der Waals surface area (Å²) in [5, 5.41) is -0.249. The Kier molecular flexibility index (Phi) is 2.31. The summed E-state index contributed by atoms with van der Waals surface area (Å²) in [5.41, 5.74) is 0. The van der Waals surface area contributed by atoms with E-state index in [1.807, 2.05) is 0 Å². The molecule has 0 unspecified atom stereocenters. The SMILES string of the molecule is CS(=O)(=O)[C@@H]1CCCOC1. The zero-order valence-corrected chi connectivity index (χ0v) is 6.86. The molecule has 1 fully saturated rings. The maximum atomic E-state index is 10.9. The van der Waals surface area contributed by atoms with Crippen LogP contribution in [0.15, 0.2) is 0 Å². The van der Waals surface area contributed by atoms with E-state index in [0.29, 0.717) is 13.2 Å². The van der Waals surface area contributed by atoms with Crippen molar-refractivity contribution in [2.45, 2.75) is 18.1 Å². The topological polar surface area (TPSA) is 43.4 Å². The first-order chi connectivity index (χ1) is 4.61. The van der Waals surface area contributed by atoms with E-state index in [4.69, 9.17) is 4.74 Å². The summed E-state index contributed by atoms with van der Waals surface area (Å²) < 4.78 is 26.8. The van der Waals surface area contributed by atoms with Crippen molar-refractivity contribution in [3.8, 4) is 0 Å². The average Bonchev–Trinajstić information content (AvgIpc) is 1.88. The fraction of sp³-hybridized carbons (Fsp3) is 1.00. The van der Waals surface area contributed by atoms with Crippen molar-refractivity contribution in [1.29, 1.82) is 0 Å². The molecule has 0 radical (unpaired) electrons. The van der Waals surface area contributed by atoms with Crippen LogP contribution in [0.4, 0.5) is 0 Å². The van der Waals surface area contributed by atoms with Gasteiger partial charge in [-0.3, -0.25) is 0 Å². The molecule has 1 rings (SSSR count). The second-order valence-electron chi connectivity index (χ2n) is 2.67. The van der Waals surface area contributed by atoms with Crippen LogP contribution in [0.25, 0.3) is 0 Å². The van der Waals surface area contributed by atoms with Gasteiger partial charge in [-0.2, -0.15) is 0 Å². The smallest absolute Gasteiger partial charge is 0.152 e. The fourth-order valence-electron chi connectivity index (χ4n) is 1.05. The first-order valence-electron chi connectivity index (χ1n) is 3.37. The van der Waals surface area contributed by atoms with E-state index in [0.717, 1.165) is 12.8 Å². The summed E-state index contributed by atoms with van der Waals surface area (Å²) in [4.78, 5) is 0. The van der Waals surface area contributed by atoms with Crippen molar-refractivity contribution in [2.24, 2.45) is 0 Å². The molecule has 3 nitrogen and oxygen atoms in total. The van der Waals surface area contributed by atoms with Gasteiger partial charge in [0.15, 0.2) is 9.84 Å². The molecule has 0 bridgehead atoms. The van der Waals surface area contributed by atoms with Gasteiger partial charge in [0.1, 0.15) is 0 Å². The normalized spacial score (nSPS) is 28.3. The van der Waals surface area contributed by atoms with Crippen molar-refractivity contribution >= 4 is 9.84 Å². The maximum absolute atomic E-state index is 10.9. The number of sulfone groups is 1. The van der Waals surface area contributed by atoms with Crippen LogP contribution < -0.4 is 0 Å². The third-order valence-corrected chi connectivity index (χ3v) is 3.31. The summed E-state index contributed by atoms with van der Waals surface area (Å²) in [6.45, 7) is 1.10. The van der Waals surface area contributed by atoms with Gasteiger partial charge in [-0.15, -0.1) is 0 Å². The minimum atomic E-state index is -2.85. The molecule has 0 spiro atoms. The van der Waals surface area contributed by atoms with Crippen LogP contribution in [0.5, 0.6) is 0 Å². The minimum absolute atomic E-state index is 0.249. The van der Waals surface area contributed by atoms with Gasteiger partial charge in [0, 0.05) is 12.9 Å². The number of hydrogen-bond donors (Lipinski definition) is 0. The second-order valence-corrected chi connectivity index (χ2v) is 4.99. The summed E-state index contributed by atoms with van der Waals surface area (Å²) in [6.07, 6.45) is 2.91. The zero-order valence-electron chi connectivity index (χ0n) is 6.04. The van der Waals surface area contributed by atoms with Crippen molar-refractivity contribution in [2.75, 3.05) is 19.5 Å². The van der Waals surface area contributed by atoms with E-state index in [9.17, 15) is 8.42 Å². The molecular formula is C6H12O3S. The van der Waals surface area contributed by atoms with Crippen LogP contribution >= 0.6 is 0 Å². The Bertz CT molecular complexity index is 189. The standard InChI is InChI=1S/C6H12O3S/c1-10(7,8)6-3-2-4-9-5-6/h6H,2-5H2,1H3/t6-/m1/s1. The lowest BCUT2D eigenvalue weighted by Gasteiger charge is -2.19. The molecule has 0 amide bonds. The molecular weight excluding hydrogens is 152 g/mol. The first-order valence-corrected chi connectivity index (χ1v) is 5.33. The van der Waals surface area contributed by atoms with Crippen LogP contribution in [0.2, 0.25) is 0 Å². The summed E-state index contributed by atoms with van der Waals surface area (Å²) in [5.74, 6) is 0. The number of ether oxygens (including phenoxy) is 1. The molecule has 0 N–H and O–H groups in total. The molecule has 1 heterocycles. The highest BCUT2D eigenvalue weighted by molar-refractivity contribution is 7.91. The summed E-state index contributed by atoms with van der Waals surface area (Å²) in [7, 11) is -2.85. The van der Waals surface area contributed by atoms with E-state index < -0.39 is 9.84 Å². The maximum Gasteiger partial charge on any atom is 0.152 e. The van der Waals surface area contributed by atoms with E-state index in [1.165, 1.54) is 6.26 Å². The lowest BCUT2D eigenvalue weighted by atomic mass is 10.2. The number of rotatable bonds is 1. The lowest BCUT2D eigenvalue weighted by molar-refractivity contribution is 0.0993. The summed E-state index contributed by atoms with van der Waals surface area (Å²) in [6, 6.07) is 0. The molecule has 0 aromatic rings. The molecule has 0 saturated carbocycles. The van der Waals surface area contributed by atoms with Crippen LogP contribution in [-0.2, 0) is 14.6 Å². The van der Waals surface area contributed by atoms with Gasteiger partial charge in [-0.05, 0) is 12.8 Å². The monoisotopic (exact) mass is 164 g/mol. The third-order valence-electron chi connectivity index (χ3n) is 1.72. The molecule has 0 aromatic heterocycles. The van der Waals surface area contributed by atoms with E-state index >= 15 is 0 Å². The van der Waals surface area contributed by atoms with Crippen LogP contribution in [0, 0.1) is 0 Å². The zero-order chi connectivity index (χ0) is 7.61. The molecule has 1 aliphatic rings. The minimum Gasteiger partial charge on any atom is -0.380 e. The molecule has 60 valence electrons. The van der Waals surface area contributed by atoms with Crippen molar-refractivity contribution in [3.05, 3.63) is 0 Å². The summed E-state index contributed by atoms with van der Waals surface area (Å²) >= 11 is 0. The Balaban J connectivity index is 2.56. The molecule has 10 heavy (non-hydrogen) atoms. The van der Waals surface area contributed by atoms with Gasteiger partial charge < -0.3 is 4.74 Å². The Labute approximate surface area is 61.3 Å². The van der Waals surface area contributed by atoms with Crippen molar-refractivity contribution < 1.29 is 13.2 Å². The molecule has 0 aliphatic carbocycles. The van der Waals surface area contributed by atoms with Gasteiger partial charge >= 0.3 is 0 Å². The van der Waals surface area contributed by atoms with Crippen LogP contribution in [0.3, 0.4) is 0 Å². The Morgan fingerprint density at radius 1 is 1.50 bits per heavy atom. The van der Waals surface area contributed by atoms with Crippen molar-refractivity contribution in [3.63, 3.8) is 0 Å². The van der Waals surface area contributed by atoms with Gasteiger partial charge in [0.2, 0.25) is 0 Å². The van der Waals surface area contributed by atoms with Crippen LogP contribution in [0.1, 0.15) is 12.8 Å². The van der Waals surface area contributed by atoms with E-state index in [-0.39, 0.29) is 5.25 Å². The highest BCUT2D eigenvalue weighted by Crippen LogP contribution is 2.12. The van der Waals surface area contributed by atoms with Gasteiger partial charge in [-0.1, -0.05) is 0 Å². The quantitative estimate of drug-likeness (QED) is 0.556. The molecule has 4 heteroatoms. The van der Waals surface area contributed by atoms with E-state index in [2.05, 4.69) is 0 Å². The Morgan fingerprint density at radius 3 is 2.50 bits per heavy atom. The first kappa shape index (κ1) is 8.01. The third kappa shape index (κ3) is 1.95. The molecule has 1 saturated heterocycles. The van der Waals surface area contributed by atoms with E-state index in [1.54, 1.807) is 0 Å². The Morgan fingerprint density at radius 2 is 2.20 bits per heavy atom. The highest BCUT2D eigenvalue weighted by Gasteiger charge is 2.23. The lowest BCUT2D eigenvalue weighted by Crippen LogP contribution is -2.29. The predicted molar refractivity (Wildman–Crippen MR) is 38.7 cm³/mol. The predicted octanol–water partition coefficient (Wildman–Crippen LogP) is 0.210. The molecule has 1 atom stereocenters. The molecule has 0 aromatic carbocycles. The van der Waals surface area contributed by atoms with Gasteiger partial charge in [0.25, 0.3) is 0 Å². The fourth-order valence-corrected chi connectivity index (χ4v) is 1.99. The Hall–Kier alpha value is -0.0900. The van der Waals surface area contributed by atoms with Gasteiger partial charge in [0.05, 0.1) is 11.9 Å². The van der Waals surface area contributed by atoms with Crippen LogP contribution in [-0.4, -0.2) is 33.1 Å². The number of hydrogen-bond acceptors (Lipinski definition) is 3. The molecule has 1 aliphatic heterocycles. The highest BCUT2D eigenvalue weighted by atomic mass is 32.2. The second kappa shape index (κ2) is 2.88. The largest absolute Gasteiger partial charge is 0.380 e. The van der Waals surface area contributed by atoms with Gasteiger partial charge in [-0.25, -0.2) is 8.42 Å². The average molecular weight is 164 g/mol.